The van der Waals surface area contributed by atoms with Crippen LogP contribution in [0.5, 0.6) is 0 Å². The number of alkyl halides is 3. The molecule has 122 valence electrons. The molecule has 0 atom stereocenters. The van der Waals surface area contributed by atoms with Crippen LogP contribution in [0, 0.1) is 0 Å². The minimum Gasteiger partial charge on any atom is -0.741 e. The van der Waals surface area contributed by atoms with E-state index in [1.165, 1.54) is 49.8 Å². The van der Waals surface area contributed by atoms with Crippen molar-refractivity contribution in [3.8, 4) is 0 Å². The summed E-state index contributed by atoms with van der Waals surface area (Å²) in [6.45, 7) is 4.81. The molecule has 0 aromatic rings. The van der Waals surface area contributed by atoms with Crippen molar-refractivity contribution < 1.29 is 35.4 Å². The molecular weight excluding hydrogens is 299 g/mol. The summed E-state index contributed by atoms with van der Waals surface area (Å²) in [6.07, 6.45) is 5.67. The van der Waals surface area contributed by atoms with Crippen LogP contribution < -0.4 is 0 Å². The van der Waals surface area contributed by atoms with E-state index in [4.69, 9.17) is 17.7 Å². The monoisotopic (exact) mass is 321 g/mol. The zero-order valence-corrected chi connectivity index (χ0v) is 12.6. The molecule has 0 bridgehead atoms. The van der Waals surface area contributed by atoms with Crippen LogP contribution >= 0.6 is 0 Å². The molecule has 1 saturated heterocycles. The number of rotatable bonds is 3. The van der Waals surface area contributed by atoms with Crippen molar-refractivity contribution in [3.05, 3.63) is 0 Å². The number of likely N-dealkylation sites (tertiary alicyclic amines) is 1. The average Bonchev–Trinajstić information content (AvgIpc) is 2.50. The van der Waals surface area contributed by atoms with Crippen molar-refractivity contribution in [2.75, 3.05) is 40.4 Å². The Balaban J connectivity index is 0.000000396. The van der Waals surface area contributed by atoms with Crippen LogP contribution in [0.15, 0.2) is 0 Å². The maximum Gasteiger partial charge on any atom is 0.485 e. The van der Waals surface area contributed by atoms with Gasteiger partial charge < -0.3 is 13.8 Å². The first kappa shape index (κ1) is 19.6. The Hall–Kier alpha value is -0.380. The Bertz CT molecular complexity index is 362. The Labute approximate surface area is 118 Å². The first-order chi connectivity index (χ1) is 9.02. The fourth-order valence-electron chi connectivity index (χ4n) is 1.99. The number of ether oxygens (including phenoxy) is 1. The molecule has 20 heavy (non-hydrogen) atoms. The predicted molar refractivity (Wildman–Crippen MR) is 66.9 cm³/mol. The van der Waals surface area contributed by atoms with Crippen LogP contribution in [-0.2, 0) is 14.9 Å². The molecule has 1 heterocycles. The highest BCUT2D eigenvalue weighted by Crippen LogP contribution is 2.20. The van der Waals surface area contributed by atoms with Crippen molar-refractivity contribution in [1.82, 2.24) is 0 Å². The van der Waals surface area contributed by atoms with Gasteiger partial charge >= 0.3 is 5.51 Å². The number of hydrogen-bond donors (Lipinski definition) is 0. The molecule has 0 amide bonds. The van der Waals surface area contributed by atoms with Crippen LogP contribution in [0.1, 0.15) is 25.7 Å². The van der Waals surface area contributed by atoms with E-state index >= 15 is 0 Å². The Morgan fingerprint density at radius 2 is 1.55 bits per heavy atom. The fraction of sp³-hybridized carbons (Fsp3) is 1.00. The molecule has 5 nitrogen and oxygen atoms in total. The molecule has 1 aliphatic rings. The minimum absolute atomic E-state index is 0.913. The van der Waals surface area contributed by atoms with Gasteiger partial charge in [0.1, 0.15) is 6.54 Å². The van der Waals surface area contributed by atoms with E-state index < -0.39 is 15.6 Å². The zero-order chi connectivity index (χ0) is 15.9. The smallest absolute Gasteiger partial charge is 0.485 e. The maximum atomic E-state index is 10.7. The molecule has 0 spiro atoms. The van der Waals surface area contributed by atoms with E-state index in [1.54, 1.807) is 7.11 Å². The minimum atomic E-state index is -6.09. The summed E-state index contributed by atoms with van der Waals surface area (Å²) in [7, 11) is -1.93. The quantitative estimate of drug-likeness (QED) is 0.451. The lowest BCUT2D eigenvalue weighted by Gasteiger charge is -2.33. The van der Waals surface area contributed by atoms with E-state index in [-0.39, 0.29) is 0 Å². The Kier molecular flexibility index (Phi) is 8.00. The summed E-state index contributed by atoms with van der Waals surface area (Å²) in [5.74, 6) is 0. The summed E-state index contributed by atoms with van der Waals surface area (Å²) < 4.78 is 65.3. The zero-order valence-electron chi connectivity index (χ0n) is 11.8. The number of hydrogen-bond acceptors (Lipinski definition) is 4. The topological polar surface area (TPSA) is 66.4 Å². The van der Waals surface area contributed by atoms with Crippen LogP contribution in [-0.4, -0.2) is 63.4 Å². The van der Waals surface area contributed by atoms with Crippen LogP contribution in [0.3, 0.4) is 0 Å². The normalized spacial score (nSPS) is 19.7. The van der Waals surface area contributed by atoms with Gasteiger partial charge in [0.25, 0.3) is 0 Å². The van der Waals surface area contributed by atoms with Crippen molar-refractivity contribution >= 4 is 10.1 Å². The highest BCUT2D eigenvalue weighted by atomic mass is 32.2. The number of likely N-dealkylation sites (N-methyl/N-ethyl adjacent to an activating group) is 1. The lowest BCUT2D eigenvalue weighted by molar-refractivity contribution is -0.909. The molecule has 0 saturated carbocycles. The molecule has 0 N–H and O–H groups in total. The molecule has 0 radical (unpaired) electrons. The van der Waals surface area contributed by atoms with E-state index in [0.29, 0.717) is 0 Å². The van der Waals surface area contributed by atoms with Gasteiger partial charge in [-0.1, -0.05) is 0 Å². The second kappa shape index (κ2) is 8.16. The fourth-order valence-corrected chi connectivity index (χ4v) is 1.99. The van der Waals surface area contributed by atoms with Gasteiger partial charge in [0.2, 0.25) is 0 Å². The summed E-state index contributed by atoms with van der Waals surface area (Å²) >= 11 is 0. The number of methoxy groups -OCH3 is 1. The molecule has 9 heteroatoms. The van der Waals surface area contributed by atoms with E-state index in [2.05, 4.69) is 7.05 Å². The van der Waals surface area contributed by atoms with Crippen LogP contribution in [0.4, 0.5) is 13.2 Å². The molecular formula is C11H22F3NO4S. The van der Waals surface area contributed by atoms with Crippen LogP contribution in [0.2, 0.25) is 0 Å². The first-order valence-electron chi connectivity index (χ1n) is 6.36. The van der Waals surface area contributed by atoms with Gasteiger partial charge in [-0.25, -0.2) is 8.42 Å². The number of halogens is 3. The molecule has 0 aromatic heterocycles. The SMILES string of the molecule is COCC[N+]1(C)CCCCCC1.O=S(=O)([O-])C(F)(F)F. The molecule has 0 aliphatic carbocycles. The van der Waals surface area contributed by atoms with Crippen LogP contribution in [0.25, 0.3) is 0 Å². The summed E-state index contributed by atoms with van der Waals surface area (Å²) in [5, 5.41) is 0. The summed E-state index contributed by atoms with van der Waals surface area (Å²) in [5.41, 5.74) is -5.65. The van der Waals surface area contributed by atoms with E-state index in [0.717, 1.165) is 6.61 Å². The molecule has 1 aliphatic heterocycles. The van der Waals surface area contributed by atoms with Crippen molar-refractivity contribution in [1.29, 1.82) is 0 Å². The number of quaternary nitrogens is 1. The van der Waals surface area contributed by atoms with Gasteiger partial charge in [-0.3, -0.25) is 0 Å². The summed E-state index contributed by atoms with van der Waals surface area (Å²) in [6, 6.07) is 0. The Morgan fingerprint density at radius 1 is 1.15 bits per heavy atom. The highest BCUT2D eigenvalue weighted by molar-refractivity contribution is 7.86. The van der Waals surface area contributed by atoms with Gasteiger partial charge in [-0.2, -0.15) is 13.2 Å². The largest absolute Gasteiger partial charge is 0.741 e. The predicted octanol–water partition coefficient (Wildman–Crippen LogP) is 1.70. The second-order valence-electron chi connectivity index (χ2n) is 5.10. The van der Waals surface area contributed by atoms with Crippen molar-refractivity contribution in [2.24, 2.45) is 0 Å². The third kappa shape index (κ3) is 8.03. The molecule has 1 rings (SSSR count). The number of nitrogens with zero attached hydrogens (tertiary/aromatic N) is 1. The first-order valence-corrected chi connectivity index (χ1v) is 7.77. The third-order valence-electron chi connectivity index (χ3n) is 3.26. The van der Waals surface area contributed by atoms with E-state index in [9.17, 15) is 13.2 Å². The van der Waals surface area contributed by atoms with Gasteiger partial charge in [0, 0.05) is 7.11 Å². The van der Waals surface area contributed by atoms with Gasteiger partial charge in [-0.05, 0) is 25.7 Å². The second-order valence-corrected chi connectivity index (χ2v) is 6.47. The lowest BCUT2D eigenvalue weighted by Crippen LogP contribution is -2.46. The third-order valence-corrected chi connectivity index (χ3v) is 3.83. The van der Waals surface area contributed by atoms with E-state index in [1.807, 2.05) is 0 Å². The van der Waals surface area contributed by atoms with Gasteiger partial charge in [0.05, 0.1) is 26.7 Å². The molecule has 0 aromatic carbocycles. The van der Waals surface area contributed by atoms with Gasteiger partial charge in [-0.15, -0.1) is 0 Å². The van der Waals surface area contributed by atoms with Crippen molar-refractivity contribution in [3.63, 3.8) is 0 Å². The Morgan fingerprint density at radius 3 is 1.85 bits per heavy atom. The maximum absolute atomic E-state index is 10.7. The van der Waals surface area contributed by atoms with Crippen molar-refractivity contribution in [2.45, 2.75) is 31.2 Å². The highest BCUT2D eigenvalue weighted by Gasteiger charge is 2.36. The van der Waals surface area contributed by atoms with Gasteiger partial charge in [0.15, 0.2) is 10.1 Å². The molecule has 0 unspecified atom stereocenters. The molecule has 1 fully saturated rings. The standard InChI is InChI=1S/C10H22NO.CHF3O3S/c1-11(9-10-12-2)7-5-3-4-6-8-11;2-1(3,4)8(5,6)7/h3-10H2,1-2H3;(H,5,6,7)/q+1;/p-1. The average molecular weight is 321 g/mol. The lowest BCUT2D eigenvalue weighted by atomic mass is 10.2. The summed E-state index contributed by atoms with van der Waals surface area (Å²) in [4.78, 5) is 0.